The SMILES string of the molecule is Cc1cc(Nc2ncc(Cl)c(Nc3ccccc3S(=O)(=O)C(C)C)n2)c(OC(C)C)cc1C1CCN(Cc2cccc(N3CCC(=O)NC3=O)c2)CC1. The number of nitrogens with zero attached hydrogens (tertiary/aromatic N) is 4. The molecular formula is C39H46ClN7O5S. The number of ether oxygens (including phenoxy) is 1. The minimum absolute atomic E-state index is 0.0806. The summed E-state index contributed by atoms with van der Waals surface area (Å²) < 4.78 is 32.4. The van der Waals surface area contributed by atoms with Gasteiger partial charge in [-0.15, -0.1) is 0 Å². The van der Waals surface area contributed by atoms with Crippen LogP contribution in [0.25, 0.3) is 0 Å². The number of urea groups is 1. The summed E-state index contributed by atoms with van der Waals surface area (Å²) in [6.07, 6.45) is 3.65. The largest absolute Gasteiger partial charge is 0.489 e. The number of anilines is 5. The molecule has 3 amide bonds. The number of hydrogen-bond acceptors (Lipinski definition) is 10. The van der Waals surface area contributed by atoms with E-state index >= 15 is 0 Å². The van der Waals surface area contributed by atoms with Crippen LogP contribution in [0.1, 0.15) is 69.6 Å². The first-order valence-electron chi connectivity index (χ1n) is 17.9. The van der Waals surface area contributed by atoms with E-state index in [1.807, 2.05) is 32.0 Å². The van der Waals surface area contributed by atoms with Gasteiger partial charge in [-0.05, 0) is 120 Å². The third kappa shape index (κ3) is 8.91. The summed E-state index contributed by atoms with van der Waals surface area (Å²) in [6.45, 7) is 12.3. The van der Waals surface area contributed by atoms with Gasteiger partial charge in [0.25, 0.3) is 0 Å². The van der Waals surface area contributed by atoms with E-state index in [2.05, 4.69) is 55.9 Å². The van der Waals surface area contributed by atoms with Crippen molar-refractivity contribution in [1.29, 1.82) is 0 Å². The van der Waals surface area contributed by atoms with Crippen molar-refractivity contribution < 1.29 is 22.7 Å². The fourth-order valence-corrected chi connectivity index (χ4v) is 8.06. The van der Waals surface area contributed by atoms with Crippen LogP contribution >= 0.6 is 11.6 Å². The van der Waals surface area contributed by atoms with Gasteiger partial charge in [0, 0.05) is 25.2 Å². The number of para-hydroxylation sites is 1. The summed E-state index contributed by atoms with van der Waals surface area (Å²) >= 11 is 6.50. The van der Waals surface area contributed by atoms with Crippen molar-refractivity contribution in [2.75, 3.05) is 35.2 Å². The molecule has 0 radical (unpaired) electrons. The van der Waals surface area contributed by atoms with Crippen molar-refractivity contribution in [1.82, 2.24) is 20.2 Å². The summed E-state index contributed by atoms with van der Waals surface area (Å²) in [7, 11) is -3.57. The van der Waals surface area contributed by atoms with Gasteiger partial charge in [0.1, 0.15) is 10.8 Å². The standard InChI is InChI=1S/C39H46ClN7O5S/c1-24(2)52-34-21-30(28-13-16-46(17-14-28)23-27-9-8-10-29(20-27)47-18-15-36(48)44-39(47)49)26(5)19-33(34)43-38-41-22-31(40)37(45-38)42-32-11-6-7-12-35(32)53(50,51)25(3)4/h6-12,19-22,24-25,28H,13-18,23H2,1-5H3,(H,44,48,49)(H2,41,42,43,45). The Bertz CT molecular complexity index is 2100. The first-order valence-corrected chi connectivity index (χ1v) is 19.8. The number of nitrogens with one attached hydrogen (secondary N) is 3. The number of hydrogen-bond donors (Lipinski definition) is 3. The van der Waals surface area contributed by atoms with Gasteiger partial charge in [-0.25, -0.2) is 18.2 Å². The van der Waals surface area contributed by atoms with Gasteiger partial charge in [-0.3, -0.25) is 19.9 Å². The number of aryl methyl sites for hydroxylation is 1. The van der Waals surface area contributed by atoms with Crippen molar-refractivity contribution in [2.45, 2.75) is 82.6 Å². The van der Waals surface area contributed by atoms with Gasteiger partial charge in [0.05, 0.1) is 33.8 Å². The number of piperidine rings is 1. The zero-order valence-corrected chi connectivity index (χ0v) is 32.2. The van der Waals surface area contributed by atoms with Crippen LogP contribution in [-0.2, 0) is 21.2 Å². The highest BCUT2D eigenvalue weighted by Gasteiger charge is 2.27. The molecule has 3 heterocycles. The summed E-state index contributed by atoms with van der Waals surface area (Å²) in [4.78, 5) is 37.2. The molecule has 0 unspecified atom stereocenters. The van der Waals surface area contributed by atoms with Crippen LogP contribution in [0, 0.1) is 6.92 Å². The number of carbonyl (C=O) groups is 2. The topological polar surface area (TPSA) is 146 Å². The average Bonchev–Trinajstić information content (AvgIpc) is 3.11. The Morgan fingerprint density at radius 3 is 2.43 bits per heavy atom. The van der Waals surface area contributed by atoms with E-state index in [0.717, 1.165) is 49.3 Å². The number of imide groups is 1. The molecule has 3 aromatic carbocycles. The summed E-state index contributed by atoms with van der Waals surface area (Å²) in [5.74, 6) is 1.33. The van der Waals surface area contributed by atoms with E-state index in [4.69, 9.17) is 16.3 Å². The predicted octanol–water partition coefficient (Wildman–Crippen LogP) is 7.72. The lowest BCUT2D eigenvalue weighted by atomic mass is 9.86. The summed E-state index contributed by atoms with van der Waals surface area (Å²) in [5, 5.41) is 8.46. The van der Waals surface area contributed by atoms with E-state index in [0.29, 0.717) is 36.0 Å². The van der Waals surface area contributed by atoms with Gasteiger partial charge >= 0.3 is 6.03 Å². The molecule has 0 atom stereocenters. The number of sulfone groups is 1. The molecule has 3 N–H and O–H groups in total. The molecule has 2 saturated heterocycles. The van der Waals surface area contributed by atoms with Crippen molar-refractivity contribution in [3.63, 3.8) is 0 Å². The second kappa shape index (κ2) is 16.1. The molecule has 0 spiro atoms. The fraction of sp³-hybridized carbons (Fsp3) is 0.385. The molecular weight excluding hydrogens is 714 g/mol. The lowest BCUT2D eigenvalue weighted by Crippen LogP contribution is -2.49. The zero-order chi connectivity index (χ0) is 37.9. The Morgan fingerprint density at radius 1 is 0.962 bits per heavy atom. The molecule has 14 heteroatoms. The van der Waals surface area contributed by atoms with Gasteiger partial charge in [-0.1, -0.05) is 35.9 Å². The Kier molecular flexibility index (Phi) is 11.6. The molecule has 2 fully saturated rings. The molecule has 1 aromatic heterocycles. The van der Waals surface area contributed by atoms with Crippen molar-refractivity contribution in [3.05, 3.63) is 88.6 Å². The van der Waals surface area contributed by atoms with E-state index in [1.165, 1.54) is 11.8 Å². The van der Waals surface area contributed by atoms with Gasteiger partial charge in [-0.2, -0.15) is 4.98 Å². The van der Waals surface area contributed by atoms with E-state index in [1.54, 1.807) is 43.0 Å². The van der Waals surface area contributed by atoms with Crippen molar-refractivity contribution in [2.24, 2.45) is 0 Å². The lowest BCUT2D eigenvalue weighted by molar-refractivity contribution is -0.120. The summed E-state index contributed by atoms with van der Waals surface area (Å²) in [6, 6.07) is 18.5. The number of benzene rings is 3. The van der Waals surface area contributed by atoms with Crippen molar-refractivity contribution >= 4 is 62.2 Å². The maximum atomic E-state index is 13.0. The second-order valence-electron chi connectivity index (χ2n) is 14.1. The summed E-state index contributed by atoms with van der Waals surface area (Å²) in [5.41, 5.74) is 5.36. The Morgan fingerprint density at radius 2 is 1.72 bits per heavy atom. The number of rotatable bonds is 12. The monoisotopic (exact) mass is 759 g/mol. The van der Waals surface area contributed by atoms with Gasteiger partial charge in [0.2, 0.25) is 11.9 Å². The molecule has 4 aromatic rings. The number of amides is 3. The molecule has 2 aliphatic heterocycles. The number of likely N-dealkylation sites (tertiary alicyclic amines) is 1. The molecule has 280 valence electrons. The predicted molar refractivity (Wildman–Crippen MR) is 209 cm³/mol. The quantitative estimate of drug-likeness (QED) is 0.131. The van der Waals surface area contributed by atoms with E-state index in [9.17, 15) is 18.0 Å². The van der Waals surface area contributed by atoms with Crippen LogP contribution in [0.5, 0.6) is 5.75 Å². The van der Waals surface area contributed by atoms with Crippen LogP contribution in [-0.4, -0.2) is 66.2 Å². The van der Waals surface area contributed by atoms with Crippen molar-refractivity contribution in [3.8, 4) is 5.75 Å². The Labute approximate surface area is 316 Å². The maximum absolute atomic E-state index is 13.0. The molecule has 2 aliphatic rings. The maximum Gasteiger partial charge on any atom is 0.328 e. The molecule has 6 rings (SSSR count). The fourth-order valence-electron chi connectivity index (χ4n) is 6.72. The van der Waals surface area contributed by atoms with Crippen LogP contribution < -0.4 is 25.6 Å². The lowest BCUT2D eigenvalue weighted by Gasteiger charge is -2.33. The highest BCUT2D eigenvalue weighted by molar-refractivity contribution is 7.92. The Balaban J connectivity index is 1.16. The average molecular weight is 760 g/mol. The molecule has 0 saturated carbocycles. The van der Waals surface area contributed by atoms with Gasteiger partial charge in [0.15, 0.2) is 15.7 Å². The normalized spacial score (nSPS) is 15.9. The molecule has 12 nitrogen and oxygen atoms in total. The third-order valence-corrected chi connectivity index (χ3v) is 12.0. The van der Waals surface area contributed by atoms with Crippen LogP contribution in [0.2, 0.25) is 5.02 Å². The van der Waals surface area contributed by atoms with E-state index < -0.39 is 15.1 Å². The molecule has 0 bridgehead atoms. The van der Waals surface area contributed by atoms with Gasteiger partial charge < -0.3 is 15.4 Å². The Hall–Kier alpha value is -4.72. The first kappa shape index (κ1) is 38.0. The number of halogens is 1. The smallest absolute Gasteiger partial charge is 0.328 e. The molecule has 53 heavy (non-hydrogen) atoms. The number of carbonyl (C=O) groups excluding carboxylic acids is 2. The number of aromatic nitrogens is 2. The minimum atomic E-state index is -3.57. The second-order valence-corrected chi connectivity index (χ2v) is 17.0. The van der Waals surface area contributed by atoms with E-state index in [-0.39, 0.29) is 39.7 Å². The third-order valence-electron chi connectivity index (χ3n) is 9.50. The zero-order valence-electron chi connectivity index (χ0n) is 30.6. The highest BCUT2D eigenvalue weighted by Crippen LogP contribution is 2.39. The highest BCUT2D eigenvalue weighted by atomic mass is 35.5. The van der Waals surface area contributed by atoms with Crippen LogP contribution in [0.15, 0.2) is 71.8 Å². The van der Waals surface area contributed by atoms with Crippen LogP contribution in [0.3, 0.4) is 0 Å². The van der Waals surface area contributed by atoms with Crippen LogP contribution in [0.4, 0.5) is 33.6 Å². The molecule has 0 aliphatic carbocycles. The minimum Gasteiger partial charge on any atom is -0.489 e. The first-order chi connectivity index (χ1) is 25.3.